The molecule has 0 aliphatic heterocycles. The van der Waals surface area contributed by atoms with Crippen LogP contribution in [0.2, 0.25) is 5.02 Å². The number of nitrogens with one attached hydrogen (secondary N) is 1. The Labute approximate surface area is 136 Å². The fraction of sp³-hybridized carbons (Fsp3) is 0.133. The van der Waals surface area contributed by atoms with Gasteiger partial charge in [-0.3, -0.25) is 14.9 Å². The average molecular weight is 339 g/mol. The molecule has 23 heavy (non-hydrogen) atoms. The Morgan fingerprint density at radius 3 is 2.57 bits per heavy atom. The van der Waals surface area contributed by atoms with Crippen LogP contribution in [0.25, 0.3) is 0 Å². The van der Waals surface area contributed by atoms with Crippen LogP contribution in [0.1, 0.15) is 6.92 Å². The number of non-ortho nitro benzene ring substituents is 1. The Kier molecular flexibility index (Phi) is 5.13. The van der Waals surface area contributed by atoms with E-state index >= 15 is 0 Å². The van der Waals surface area contributed by atoms with E-state index in [0.29, 0.717) is 5.75 Å². The van der Waals surface area contributed by atoms with Crippen molar-refractivity contribution >= 4 is 28.9 Å². The van der Waals surface area contributed by atoms with Gasteiger partial charge >= 0.3 is 0 Å². The SMILES string of the molecule is C[C@H](Oc1ccc(F)cc1)C(=O)Nc1cc([N+](=O)[O-])ccc1Cl. The maximum absolute atomic E-state index is 12.8. The Morgan fingerprint density at radius 1 is 1.30 bits per heavy atom. The first-order chi connectivity index (χ1) is 10.9. The van der Waals surface area contributed by atoms with Gasteiger partial charge < -0.3 is 10.1 Å². The van der Waals surface area contributed by atoms with Crippen molar-refractivity contribution in [1.29, 1.82) is 0 Å². The van der Waals surface area contributed by atoms with Crippen LogP contribution in [-0.2, 0) is 4.79 Å². The highest BCUT2D eigenvalue weighted by Gasteiger charge is 2.18. The van der Waals surface area contributed by atoms with Crippen molar-refractivity contribution in [2.24, 2.45) is 0 Å². The van der Waals surface area contributed by atoms with Gasteiger partial charge in [0.1, 0.15) is 11.6 Å². The van der Waals surface area contributed by atoms with E-state index in [2.05, 4.69) is 5.32 Å². The molecule has 1 amide bonds. The van der Waals surface area contributed by atoms with Crippen LogP contribution in [0.4, 0.5) is 15.8 Å². The first-order valence-corrected chi connectivity index (χ1v) is 6.91. The molecule has 2 rings (SSSR count). The van der Waals surface area contributed by atoms with Gasteiger partial charge in [0, 0.05) is 12.1 Å². The first kappa shape index (κ1) is 16.7. The normalized spacial score (nSPS) is 11.6. The number of nitro benzene ring substituents is 1. The third-order valence-corrected chi connectivity index (χ3v) is 3.24. The molecule has 6 nitrogen and oxygen atoms in total. The number of carbonyl (C=O) groups excluding carboxylic acids is 1. The molecule has 0 saturated carbocycles. The van der Waals surface area contributed by atoms with Crippen molar-refractivity contribution in [3.05, 3.63) is 63.4 Å². The van der Waals surface area contributed by atoms with E-state index in [1.807, 2.05) is 0 Å². The summed E-state index contributed by atoms with van der Waals surface area (Å²) in [4.78, 5) is 22.2. The summed E-state index contributed by atoms with van der Waals surface area (Å²) in [5.41, 5.74) is -0.0859. The van der Waals surface area contributed by atoms with Crippen LogP contribution in [0.3, 0.4) is 0 Å². The summed E-state index contributed by atoms with van der Waals surface area (Å²) in [6, 6.07) is 8.90. The zero-order chi connectivity index (χ0) is 17.0. The molecule has 0 radical (unpaired) electrons. The Hall–Kier alpha value is -2.67. The van der Waals surface area contributed by atoms with Gasteiger partial charge in [-0.15, -0.1) is 0 Å². The summed E-state index contributed by atoms with van der Waals surface area (Å²) >= 11 is 5.91. The van der Waals surface area contributed by atoms with Gasteiger partial charge in [0.25, 0.3) is 11.6 Å². The minimum atomic E-state index is -0.907. The van der Waals surface area contributed by atoms with Crippen LogP contribution in [0.15, 0.2) is 42.5 Å². The predicted octanol–water partition coefficient (Wildman–Crippen LogP) is 3.79. The molecular formula is C15H12ClFN2O4. The quantitative estimate of drug-likeness (QED) is 0.664. The molecule has 0 aromatic heterocycles. The monoisotopic (exact) mass is 338 g/mol. The lowest BCUT2D eigenvalue weighted by molar-refractivity contribution is -0.384. The Morgan fingerprint density at radius 2 is 1.96 bits per heavy atom. The lowest BCUT2D eigenvalue weighted by Gasteiger charge is -2.15. The van der Waals surface area contributed by atoms with Crippen molar-refractivity contribution in [2.75, 3.05) is 5.32 Å². The summed E-state index contributed by atoms with van der Waals surface area (Å²) in [7, 11) is 0. The van der Waals surface area contributed by atoms with E-state index in [1.165, 1.54) is 43.3 Å². The zero-order valence-corrected chi connectivity index (χ0v) is 12.7. The molecule has 0 fully saturated rings. The second-order valence-electron chi connectivity index (χ2n) is 4.62. The van der Waals surface area contributed by atoms with Crippen molar-refractivity contribution in [1.82, 2.24) is 0 Å². The van der Waals surface area contributed by atoms with Gasteiger partial charge in [-0.1, -0.05) is 11.6 Å². The second kappa shape index (κ2) is 7.06. The number of nitrogens with zero attached hydrogens (tertiary/aromatic N) is 1. The number of benzene rings is 2. The topological polar surface area (TPSA) is 81.5 Å². The molecule has 0 bridgehead atoms. The van der Waals surface area contributed by atoms with Crippen LogP contribution in [0, 0.1) is 15.9 Å². The van der Waals surface area contributed by atoms with Crippen molar-refractivity contribution in [2.45, 2.75) is 13.0 Å². The number of rotatable bonds is 5. The zero-order valence-electron chi connectivity index (χ0n) is 12.0. The number of hydrogen-bond donors (Lipinski definition) is 1. The lowest BCUT2D eigenvalue weighted by Crippen LogP contribution is -2.30. The highest BCUT2D eigenvalue weighted by Crippen LogP contribution is 2.27. The Bertz CT molecular complexity index is 737. The smallest absolute Gasteiger partial charge is 0.271 e. The molecule has 2 aromatic rings. The van der Waals surface area contributed by atoms with Gasteiger partial charge in [-0.05, 0) is 37.3 Å². The van der Waals surface area contributed by atoms with Gasteiger partial charge in [0.15, 0.2) is 6.10 Å². The molecule has 0 heterocycles. The molecule has 0 aliphatic rings. The summed E-state index contributed by atoms with van der Waals surface area (Å²) in [6.07, 6.45) is -0.907. The molecule has 0 spiro atoms. The maximum atomic E-state index is 12.8. The number of carbonyl (C=O) groups is 1. The Balaban J connectivity index is 2.07. The summed E-state index contributed by atoms with van der Waals surface area (Å²) in [5.74, 6) is -0.645. The number of ether oxygens (including phenoxy) is 1. The first-order valence-electron chi connectivity index (χ1n) is 6.54. The highest BCUT2D eigenvalue weighted by molar-refractivity contribution is 6.33. The number of hydrogen-bond acceptors (Lipinski definition) is 4. The summed E-state index contributed by atoms with van der Waals surface area (Å²) in [6.45, 7) is 1.49. The van der Waals surface area contributed by atoms with Crippen LogP contribution in [0.5, 0.6) is 5.75 Å². The van der Waals surface area contributed by atoms with E-state index in [-0.39, 0.29) is 16.4 Å². The lowest BCUT2D eigenvalue weighted by atomic mass is 10.2. The van der Waals surface area contributed by atoms with Gasteiger partial charge in [0.2, 0.25) is 0 Å². The van der Waals surface area contributed by atoms with Gasteiger partial charge in [0.05, 0.1) is 15.6 Å². The molecule has 1 N–H and O–H groups in total. The van der Waals surface area contributed by atoms with Crippen LogP contribution in [-0.4, -0.2) is 16.9 Å². The molecule has 2 aromatic carbocycles. The molecule has 8 heteroatoms. The van der Waals surface area contributed by atoms with E-state index < -0.39 is 22.8 Å². The molecule has 1 atom stereocenters. The fourth-order valence-electron chi connectivity index (χ4n) is 1.73. The third-order valence-electron chi connectivity index (χ3n) is 2.91. The van der Waals surface area contributed by atoms with Gasteiger partial charge in [-0.25, -0.2) is 4.39 Å². The minimum Gasteiger partial charge on any atom is -0.481 e. The van der Waals surface area contributed by atoms with Gasteiger partial charge in [-0.2, -0.15) is 0 Å². The van der Waals surface area contributed by atoms with Crippen molar-refractivity contribution in [3.8, 4) is 5.75 Å². The largest absolute Gasteiger partial charge is 0.481 e. The summed E-state index contributed by atoms with van der Waals surface area (Å²) < 4.78 is 18.2. The van der Waals surface area contributed by atoms with Crippen molar-refractivity contribution in [3.63, 3.8) is 0 Å². The fourth-order valence-corrected chi connectivity index (χ4v) is 1.89. The van der Waals surface area contributed by atoms with Crippen molar-refractivity contribution < 1.29 is 18.8 Å². The number of anilines is 1. The molecule has 0 aliphatic carbocycles. The molecular weight excluding hydrogens is 327 g/mol. The maximum Gasteiger partial charge on any atom is 0.271 e. The average Bonchev–Trinajstić information content (AvgIpc) is 2.51. The number of nitro groups is 1. The van der Waals surface area contributed by atoms with E-state index in [4.69, 9.17) is 16.3 Å². The number of halogens is 2. The predicted molar refractivity (Wildman–Crippen MR) is 83.2 cm³/mol. The van der Waals surface area contributed by atoms with E-state index in [9.17, 15) is 19.3 Å². The van der Waals surface area contributed by atoms with E-state index in [1.54, 1.807) is 0 Å². The molecule has 0 saturated heterocycles. The third kappa shape index (κ3) is 4.40. The standard InChI is InChI=1S/C15H12ClFN2O4/c1-9(23-12-5-2-10(17)3-6-12)15(20)18-14-8-11(19(21)22)4-7-13(14)16/h2-9H,1H3,(H,18,20)/t9-/m0/s1. The minimum absolute atomic E-state index is 0.112. The summed E-state index contributed by atoms with van der Waals surface area (Å²) in [5, 5.41) is 13.4. The molecule has 120 valence electrons. The highest BCUT2D eigenvalue weighted by atomic mass is 35.5. The number of amides is 1. The molecule has 0 unspecified atom stereocenters. The van der Waals surface area contributed by atoms with Crippen LogP contribution < -0.4 is 10.1 Å². The van der Waals surface area contributed by atoms with E-state index in [0.717, 1.165) is 6.07 Å². The van der Waals surface area contributed by atoms with Crippen LogP contribution >= 0.6 is 11.6 Å². The second-order valence-corrected chi connectivity index (χ2v) is 5.03.